The van der Waals surface area contributed by atoms with Gasteiger partial charge in [-0.05, 0) is 18.5 Å². The first-order valence-electron chi connectivity index (χ1n) is 10.4. The van der Waals surface area contributed by atoms with E-state index in [0.717, 1.165) is 31.1 Å². The molecule has 0 saturated carbocycles. The van der Waals surface area contributed by atoms with E-state index >= 15 is 0 Å². The van der Waals surface area contributed by atoms with Crippen LogP contribution in [0.5, 0.6) is 0 Å². The van der Waals surface area contributed by atoms with Crippen molar-refractivity contribution in [2.24, 2.45) is 5.73 Å². The van der Waals surface area contributed by atoms with E-state index in [2.05, 4.69) is 11.9 Å². The van der Waals surface area contributed by atoms with Gasteiger partial charge in [0.1, 0.15) is 0 Å². The Morgan fingerprint density at radius 1 is 0.909 bits per heavy atom. The summed E-state index contributed by atoms with van der Waals surface area (Å²) in [5.74, 6) is -0.973. The molecule has 0 aliphatic rings. The molecule has 3 N–H and O–H groups in total. The van der Waals surface area contributed by atoms with Crippen LogP contribution in [-0.2, 0) is 13.3 Å². The fourth-order valence-electron chi connectivity index (χ4n) is 2.84. The van der Waals surface area contributed by atoms with Crippen LogP contribution in [0.4, 0.5) is 0 Å². The molecule has 0 aliphatic heterocycles. The number of Topliss-reactive ketones (excluding diaryl/α,β-unsaturated/α-hetero) is 2. The maximum Gasteiger partial charge on any atom is 0.500 e. The first kappa shape index (κ1) is 30.8. The second-order valence-corrected chi connectivity index (χ2v) is 9.88. The lowest BCUT2D eigenvalue weighted by atomic mass is 10.0. The molecule has 33 heavy (non-hydrogen) atoms. The lowest BCUT2D eigenvalue weighted by molar-refractivity contribution is 0.0817. The number of benzene rings is 2. The van der Waals surface area contributed by atoms with Crippen LogP contribution in [0.3, 0.4) is 0 Å². The summed E-state index contributed by atoms with van der Waals surface area (Å²) in [5, 5.41) is 3.21. The molecule has 0 unspecified atom stereocenters. The van der Waals surface area contributed by atoms with Crippen molar-refractivity contribution in [1.29, 1.82) is 0 Å². The van der Waals surface area contributed by atoms with E-state index in [1.165, 1.54) is 0 Å². The number of carbonyl (C=O) groups is 2. The van der Waals surface area contributed by atoms with Crippen LogP contribution >= 0.6 is 12.4 Å². The van der Waals surface area contributed by atoms with E-state index in [1.54, 1.807) is 82.0 Å². The van der Waals surface area contributed by atoms with E-state index in [9.17, 15) is 9.59 Å². The normalized spacial score (nSPS) is 10.4. The molecule has 2 aromatic carbocycles. The highest BCUT2D eigenvalue weighted by molar-refractivity contribution is 6.60. The Labute approximate surface area is 204 Å². The maximum atomic E-state index is 12.0. The Morgan fingerprint density at radius 2 is 1.42 bits per heavy atom. The molecule has 0 radical (unpaired) electrons. The van der Waals surface area contributed by atoms with E-state index < -0.39 is 20.4 Å². The molecule has 0 saturated heterocycles. The highest BCUT2D eigenvalue weighted by atomic mass is 35.5. The summed E-state index contributed by atoms with van der Waals surface area (Å²) < 4.78 is 15.9. The topological polar surface area (TPSA) is 99.9 Å². The predicted octanol–water partition coefficient (Wildman–Crippen LogP) is 3.62. The van der Waals surface area contributed by atoms with Gasteiger partial charge in [-0.3, -0.25) is 9.59 Å². The van der Waals surface area contributed by atoms with Gasteiger partial charge in [0.25, 0.3) is 0 Å². The van der Waals surface area contributed by atoms with Crippen molar-refractivity contribution in [3.63, 3.8) is 0 Å². The van der Waals surface area contributed by atoms with Crippen molar-refractivity contribution >= 4 is 38.9 Å². The van der Waals surface area contributed by atoms with Gasteiger partial charge in [-0.25, -0.2) is 0 Å². The van der Waals surface area contributed by atoms with Gasteiger partial charge >= 0.3 is 8.80 Å². The van der Waals surface area contributed by atoms with Gasteiger partial charge in [0.2, 0.25) is 11.6 Å². The van der Waals surface area contributed by atoms with Gasteiger partial charge in [0.05, 0.1) is 0 Å². The fourth-order valence-corrected chi connectivity index (χ4v) is 4.56. The average Bonchev–Trinajstić information content (AvgIpc) is 2.87. The standard InChI is InChI=1S/C16H12O2.C8H22N2O3Si.ClH/c1-2-12-8-10-14(11-9-12)16(18)15(17)13-6-4-3-5-7-13;1-11-14(12-2,13-3)8-4-6-10-7-5-9;/h2-11H,1H2;10H,4-9H2,1-3H3;1H. The monoisotopic (exact) mass is 494 g/mol. The minimum Gasteiger partial charge on any atom is -0.377 e. The second-order valence-electron chi connectivity index (χ2n) is 6.79. The Balaban J connectivity index is 0.000000624. The molecule has 0 atom stereocenters. The molecule has 7 nitrogen and oxygen atoms in total. The van der Waals surface area contributed by atoms with Crippen molar-refractivity contribution in [2.45, 2.75) is 12.5 Å². The number of ketones is 2. The molecule has 0 amide bonds. The van der Waals surface area contributed by atoms with Gasteiger partial charge < -0.3 is 24.3 Å². The SMILES string of the molecule is C=Cc1ccc(C(=O)C(=O)c2ccccc2)cc1.CO[Si](CCCNCCN)(OC)OC.Cl. The molecule has 0 bridgehead atoms. The van der Waals surface area contributed by atoms with E-state index in [4.69, 9.17) is 19.0 Å². The molecule has 2 rings (SSSR count). The summed E-state index contributed by atoms with van der Waals surface area (Å²) in [5.41, 5.74) is 7.07. The van der Waals surface area contributed by atoms with Crippen molar-refractivity contribution < 1.29 is 22.9 Å². The van der Waals surface area contributed by atoms with Gasteiger partial charge in [0, 0.05) is 51.6 Å². The third kappa shape index (κ3) is 10.5. The van der Waals surface area contributed by atoms with Crippen LogP contribution in [0.2, 0.25) is 6.04 Å². The van der Waals surface area contributed by atoms with Crippen LogP contribution in [0, 0.1) is 0 Å². The highest BCUT2D eigenvalue weighted by Gasteiger charge is 2.36. The summed E-state index contributed by atoms with van der Waals surface area (Å²) >= 11 is 0. The molecular weight excluding hydrogens is 460 g/mol. The van der Waals surface area contributed by atoms with Crippen molar-refractivity contribution in [1.82, 2.24) is 5.32 Å². The molecule has 9 heteroatoms. The van der Waals surface area contributed by atoms with Crippen LogP contribution in [0.25, 0.3) is 6.08 Å². The molecule has 0 spiro atoms. The van der Waals surface area contributed by atoms with Gasteiger partial charge in [-0.2, -0.15) is 0 Å². The highest BCUT2D eigenvalue weighted by Crippen LogP contribution is 2.14. The number of nitrogens with one attached hydrogen (secondary N) is 1. The van der Waals surface area contributed by atoms with Gasteiger partial charge in [-0.15, -0.1) is 12.4 Å². The van der Waals surface area contributed by atoms with Crippen LogP contribution < -0.4 is 11.1 Å². The van der Waals surface area contributed by atoms with E-state index in [0.29, 0.717) is 17.7 Å². The maximum absolute atomic E-state index is 12.0. The first-order valence-corrected chi connectivity index (χ1v) is 12.3. The minimum absolute atomic E-state index is 0. The third-order valence-electron chi connectivity index (χ3n) is 4.74. The molecular formula is C24H35ClN2O5Si. The second kappa shape index (κ2) is 17.3. The Bertz CT molecular complexity index is 822. The summed E-state index contributed by atoms with van der Waals surface area (Å²) in [4.78, 5) is 23.9. The summed E-state index contributed by atoms with van der Waals surface area (Å²) in [6, 6.07) is 16.2. The zero-order chi connectivity index (χ0) is 23.8. The molecule has 2 aromatic rings. The predicted molar refractivity (Wildman–Crippen MR) is 137 cm³/mol. The van der Waals surface area contributed by atoms with E-state index in [-0.39, 0.29) is 12.4 Å². The number of nitrogens with two attached hydrogens (primary N) is 1. The summed E-state index contributed by atoms with van der Waals surface area (Å²) in [6.07, 6.45) is 2.66. The quantitative estimate of drug-likeness (QED) is 0.190. The number of carbonyl (C=O) groups excluding carboxylic acids is 2. The smallest absolute Gasteiger partial charge is 0.377 e. The lowest BCUT2D eigenvalue weighted by Gasteiger charge is -2.24. The lowest BCUT2D eigenvalue weighted by Crippen LogP contribution is -2.43. The molecule has 182 valence electrons. The summed E-state index contributed by atoms with van der Waals surface area (Å²) in [6.45, 7) is 6.07. The van der Waals surface area contributed by atoms with Crippen molar-refractivity contribution in [3.05, 3.63) is 77.9 Å². The average molecular weight is 495 g/mol. The zero-order valence-electron chi connectivity index (χ0n) is 19.5. The number of hydrogen-bond donors (Lipinski definition) is 2. The third-order valence-corrected chi connectivity index (χ3v) is 7.57. The minimum atomic E-state index is -2.35. The molecule has 0 aromatic heterocycles. The Hall–Kier alpha value is -2.17. The van der Waals surface area contributed by atoms with Gasteiger partial charge in [0.15, 0.2) is 0 Å². The van der Waals surface area contributed by atoms with Crippen LogP contribution in [-0.4, -0.2) is 61.3 Å². The van der Waals surface area contributed by atoms with Gasteiger partial charge in [-0.1, -0.05) is 67.3 Å². The van der Waals surface area contributed by atoms with Crippen molar-refractivity contribution in [3.8, 4) is 0 Å². The molecule has 0 fully saturated rings. The summed E-state index contributed by atoms with van der Waals surface area (Å²) in [7, 11) is 2.55. The van der Waals surface area contributed by atoms with Crippen LogP contribution in [0.15, 0.2) is 61.2 Å². The first-order chi connectivity index (χ1) is 15.5. The molecule has 0 heterocycles. The Morgan fingerprint density at radius 3 is 1.88 bits per heavy atom. The largest absolute Gasteiger partial charge is 0.500 e. The number of rotatable bonds is 13. The Kier molecular flexibility index (Phi) is 16.2. The van der Waals surface area contributed by atoms with E-state index in [1.807, 2.05) is 0 Å². The zero-order valence-corrected chi connectivity index (χ0v) is 21.4. The number of halogens is 1. The van der Waals surface area contributed by atoms with Crippen LogP contribution in [0.1, 0.15) is 32.7 Å². The fraction of sp³-hybridized carbons (Fsp3) is 0.333. The van der Waals surface area contributed by atoms with Crippen molar-refractivity contribution in [2.75, 3.05) is 41.0 Å². The molecule has 0 aliphatic carbocycles. The number of hydrogen-bond acceptors (Lipinski definition) is 7.